The minimum atomic E-state index is -0.634. The van der Waals surface area contributed by atoms with E-state index in [1.54, 1.807) is 18.2 Å². The summed E-state index contributed by atoms with van der Waals surface area (Å²) in [4.78, 5) is 12.2. The number of carbonyl (C=O) groups excluding carboxylic acids is 1. The van der Waals surface area contributed by atoms with Crippen molar-refractivity contribution in [2.45, 2.75) is 51.6 Å². The average molecular weight is 293 g/mol. The van der Waals surface area contributed by atoms with E-state index in [0.29, 0.717) is 18.9 Å². The molecule has 3 nitrogen and oxygen atoms in total. The zero-order valence-corrected chi connectivity index (χ0v) is 12.6. The Morgan fingerprint density at radius 2 is 2.05 bits per heavy atom. The Bertz CT molecular complexity index is 458. The third kappa shape index (κ3) is 4.73. The number of rotatable bonds is 6. The zero-order chi connectivity index (χ0) is 15.1. The number of hydrogen-bond donors (Lipinski definition) is 1. The molecule has 1 fully saturated rings. The molecule has 0 aliphatic heterocycles. The molecule has 1 amide bonds. The molecule has 4 heteroatoms. The highest BCUT2D eigenvalue weighted by Crippen LogP contribution is 2.23. The summed E-state index contributed by atoms with van der Waals surface area (Å²) < 4.78 is 19.1. The summed E-state index contributed by atoms with van der Waals surface area (Å²) in [5.74, 6) is 0.133. The first-order chi connectivity index (χ1) is 10.2. The summed E-state index contributed by atoms with van der Waals surface area (Å²) in [6.45, 7) is 2.57. The van der Waals surface area contributed by atoms with Crippen molar-refractivity contribution in [3.63, 3.8) is 0 Å². The first kappa shape index (κ1) is 15.8. The van der Waals surface area contributed by atoms with Gasteiger partial charge in [-0.25, -0.2) is 4.39 Å². The quantitative estimate of drug-likeness (QED) is 0.869. The second-order valence-corrected chi connectivity index (χ2v) is 5.69. The van der Waals surface area contributed by atoms with Gasteiger partial charge in [-0.3, -0.25) is 4.79 Å². The lowest BCUT2D eigenvalue weighted by Gasteiger charge is -2.23. The number of carbonyl (C=O) groups is 1. The van der Waals surface area contributed by atoms with Crippen LogP contribution in [0, 0.1) is 11.7 Å². The summed E-state index contributed by atoms with van der Waals surface area (Å²) >= 11 is 0. The van der Waals surface area contributed by atoms with Gasteiger partial charge in [0, 0.05) is 6.54 Å². The molecule has 1 atom stereocenters. The lowest BCUT2D eigenvalue weighted by Crippen LogP contribution is -2.40. The van der Waals surface area contributed by atoms with Gasteiger partial charge in [-0.05, 0) is 37.3 Å². The number of amides is 1. The number of halogens is 1. The van der Waals surface area contributed by atoms with Crippen LogP contribution in [0.15, 0.2) is 24.3 Å². The highest BCUT2D eigenvalue weighted by Gasteiger charge is 2.21. The molecule has 1 aliphatic carbocycles. The largest absolute Gasteiger partial charge is 0.478 e. The molecule has 0 saturated heterocycles. The van der Waals surface area contributed by atoms with E-state index >= 15 is 0 Å². The molecule has 0 spiro atoms. The molecule has 0 radical (unpaired) electrons. The van der Waals surface area contributed by atoms with Crippen LogP contribution in [0.1, 0.15) is 45.4 Å². The van der Waals surface area contributed by atoms with E-state index in [1.807, 2.05) is 6.92 Å². The van der Waals surface area contributed by atoms with Crippen molar-refractivity contribution in [1.82, 2.24) is 5.32 Å². The highest BCUT2D eigenvalue weighted by atomic mass is 19.1. The minimum Gasteiger partial charge on any atom is -0.478 e. The summed E-state index contributed by atoms with van der Waals surface area (Å²) in [5.41, 5.74) is 0. The first-order valence-corrected chi connectivity index (χ1v) is 7.89. The van der Waals surface area contributed by atoms with Crippen molar-refractivity contribution in [3.8, 4) is 5.75 Å². The summed E-state index contributed by atoms with van der Waals surface area (Å²) in [6, 6.07) is 6.19. The van der Waals surface area contributed by atoms with Crippen LogP contribution >= 0.6 is 0 Å². The molecule has 21 heavy (non-hydrogen) atoms. The molecule has 2 rings (SSSR count). The van der Waals surface area contributed by atoms with Crippen LogP contribution in [0.25, 0.3) is 0 Å². The Morgan fingerprint density at radius 1 is 1.33 bits per heavy atom. The van der Waals surface area contributed by atoms with Gasteiger partial charge in [0.1, 0.15) is 0 Å². The number of nitrogens with one attached hydrogen (secondary N) is 1. The molecular weight excluding hydrogens is 269 g/mol. The molecular formula is C17H24FNO2. The van der Waals surface area contributed by atoms with Crippen molar-refractivity contribution < 1.29 is 13.9 Å². The topological polar surface area (TPSA) is 38.3 Å². The Labute approximate surface area is 125 Å². The van der Waals surface area contributed by atoms with Gasteiger partial charge in [-0.2, -0.15) is 0 Å². The molecule has 1 aromatic carbocycles. The second kappa shape index (κ2) is 8.01. The maximum absolute atomic E-state index is 13.6. The van der Waals surface area contributed by atoms with E-state index in [-0.39, 0.29) is 11.7 Å². The molecule has 1 N–H and O–H groups in total. The normalized spacial score (nSPS) is 17.2. The van der Waals surface area contributed by atoms with E-state index in [9.17, 15) is 9.18 Å². The van der Waals surface area contributed by atoms with Crippen LogP contribution in [0.4, 0.5) is 4.39 Å². The fourth-order valence-electron chi connectivity index (χ4n) is 2.77. The molecule has 116 valence electrons. The third-order valence-corrected chi connectivity index (χ3v) is 4.06. The van der Waals surface area contributed by atoms with Gasteiger partial charge < -0.3 is 10.1 Å². The monoisotopic (exact) mass is 293 g/mol. The predicted molar refractivity (Wildman–Crippen MR) is 80.7 cm³/mol. The molecule has 1 saturated carbocycles. The van der Waals surface area contributed by atoms with Gasteiger partial charge in [0.05, 0.1) is 0 Å². The van der Waals surface area contributed by atoms with E-state index in [0.717, 1.165) is 0 Å². The molecule has 0 bridgehead atoms. The smallest absolute Gasteiger partial charge is 0.261 e. The lowest BCUT2D eigenvalue weighted by atomic mass is 9.89. The van der Waals surface area contributed by atoms with Crippen LogP contribution in [-0.4, -0.2) is 18.6 Å². The van der Waals surface area contributed by atoms with Crippen molar-refractivity contribution in [2.24, 2.45) is 5.92 Å². The van der Waals surface area contributed by atoms with Gasteiger partial charge in [0.25, 0.3) is 5.91 Å². The molecule has 0 unspecified atom stereocenters. The number of benzene rings is 1. The summed E-state index contributed by atoms with van der Waals surface area (Å²) in [7, 11) is 0. The standard InChI is InChI=1S/C17H24FNO2/c1-2-15(21-16-11-7-6-10-14(16)18)17(20)19-12-13-8-4-3-5-9-13/h6-7,10-11,13,15H,2-5,8-9,12H2,1H3,(H,19,20)/t15-/m1/s1. The lowest BCUT2D eigenvalue weighted by molar-refractivity contribution is -0.128. The number of ether oxygens (including phenoxy) is 1. The van der Waals surface area contributed by atoms with Gasteiger partial charge in [-0.1, -0.05) is 38.3 Å². The second-order valence-electron chi connectivity index (χ2n) is 5.69. The van der Waals surface area contributed by atoms with Gasteiger partial charge in [-0.15, -0.1) is 0 Å². The molecule has 1 aromatic rings. The van der Waals surface area contributed by atoms with E-state index < -0.39 is 11.9 Å². The summed E-state index contributed by atoms with van der Waals surface area (Å²) in [5, 5.41) is 2.96. The maximum Gasteiger partial charge on any atom is 0.261 e. The third-order valence-electron chi connectivity index (χ3n) is 4.06. The number of para-hydroxylation sites is 1. The predicted octanol–water partition coefficient (Wildman–Crippen LogP) is 3.68. The average Bonchev–Trinajstić information content (AvgIpc) is 2.53. The highest BCUT2D eigenvalue weighted by molar-refractivity contribution is 5.81. The van der Waals surface area contributed by atoms with Crippen molar-refractivity contribution in [2.75, 3.05) is 6.54 Å². The van der Waals surface area contributed by atoms with Crippen LogP contribution in [-0.2, 0) is 4.79 Å². The van der Waals surface area contributed by atoms with Gasteiger partial charge >= 0.3 is 0 Å². The van der Waals surface area contributed by atoms with Crippen molar-refractivity contribution in [3.05, 3.63) is 30.1 Å². The Kier molecular flexibility index (Phi) is 6.03. The van der Waals surface area contributed by atoms with Crippen LogP contribution < -0.4 is 10.1 Å². The van der Waals surface area contributed by atoms with E-state index in [4.69, 9.17) is 4.74 Å². The van der Waals surface area contributed by atoms with Crippen LogP contribution in [0.3, 0.4) is 0 Å². The fraction of sp³-hybridized carbons (Fsp3) is 0.588. The fourth-order valence-corrected chi connectivity index (χ4v) is 2.77. The Hall–Kier alpha value is -1.58. The van der Waals surface area contributed by atoms with Crippen molar-refractivity contribution >= 4 is 5.91 Å². The molecule has 0 heterocycles. The van der Waals surface area contributed by atoms with Crippen molar-refractivity contribution in [1.29, 1.82) is 0 Å². The molecule has 1 aliphatic rings. The summed E-state index contributed by atoms with van der Waals surface area (Å²) in [6.07, 6.45) is 6.07. The van der Waals surface area contributed by atoms with Gasteiger partial charge in [0.15, 0.2) is 17.7 Å². The Balaban J connectivity index is 1.85. The van der Waals surface area contributed by atoms with E-state index in [1.165, 1.54) is 38.2 Å². The number of hydrogen-bond acceptors (Lipinski definition) is 2. The van der Waals surface area contributed by atoms with Crippen LogP contribution in [0.5, 0.6) is 5.75 Å². The molecule has 0 aromatic heterocycles. The Morgan fingerprint density at radius 3 is 2.71 bits per heavy atom. The SMILES string of the molecule is CC[C@@H](Oc1ccccc1F)C(=O)NCC1CCCCC1. The van der Waals surface area contributed by atoms with E-state index in [2.05, 4.69) is 5.32 Å². The minimum absolute atomic E-state index is 0.136. The zero-order valence-electron chi connectivity index (χ0n) is 12.6. The maximum atomic E-state index is 13.6. The van der Waals surface area contributed by atoms with Crippen LogP contribution in [0.2, 0.25) is 0 Å². The van der Waals surface area contributed by atoms with Gasteiger partial charge in [0.2, 0.25) is 0 Å². The first-order valence-electron chi connectivity index (χ1n) is 7.89.